The summed E-state index contributed by atoms with van der Waals surface area (Å²) in [7, 11) is 0. The van der Waals surface area contributed by atoms with Crippen molar-refractivity contribution in [2.24, 2.45) is 0 Å². The molecule has 0 atom stereocenters. The summed E-state index contributed by atoms with van der Waals surface area (Å²) in [6, 6.07) is 4.18. The molecule has 78 valence electrons. The van der Waals surface area contributed by atoms with Gasteiger partial charge in [-0.25, -0.2) is 0 Å². The lowest BCUT2D eigenvalue weighted by atomic mass is 10.2. The number of pyridine rings is 1. The van der Waals surface area contributed by atoms with Gasteiger partial charge >= 0.3 is 0 Å². The molecule has 14 heavy (non-hydrogen) atoms. The number of hydrogen-bond acceptors (Lipinski definition) is 2. The van der Waals surface area contributed by atoms with E-state index in [0.29, 0.717) is 0 Å². The molecule has 0 bridgehead atoms. The standard InChI is InChI=1S/C12H20N2/c1-3-5-10-14(4-2)11-12-6-8-13-9-7-12/h6-9H,3-5,10-11H2,1-2H3. The van der Waals surface area contributed by atoms with Crippen LogP contribution in [0.15, 0.2) is 24.5 Å². The third-order valence-electron chi connectivity index (χ3n) is 2.43. The van der Waals surface area contributed by atoms with Crippen LogP contribution in [0.4, 0.5) is 0 Å². The third-order valence-corrected chi connectivity index (χ3v) is 2.43. The van der Waals surface area contributed by atoms with Gasteiger partial charge in [-0.15, -0.1) is 0 Å². The molecule has 0 fully saturated rings. The van der Waals surface area contributed by atoms with Gasteiger partial charge in [-0.1, -0.05) is 20.3 Å². The summed E-state index contributed by atoms with van der Waals surface area (Å²) >= 11 is 0. The Morgan fingerprint density at radius 3 is 2.50 bits per heavy atom. The molecule has 0 saturated heterocycles. The lowest BCUT2D eigenvalue weighted by Gasteiger charge is -2.19. The van der Waals surface area contributed by atoms with Gasteiger partial charge in [-0.2, -0.15) is 0 Å². The minimum Gasteiger partial charge on any atom is -0.299 e. The fraction of sp³-hybridized carbons (Fsp3) is 0.583. The van der Waals surface area contributed by atoms with Crippen LogP contribution in [0.2, 0.25) is 0 Å². The molecule has 1 heterocycles. The SMILES string of the molecule is CCCCN(CC)Cc1ccncc1. The van der Waals surface area contributed by atoms with E-state index >= 15 is 0 Å². The molecule has 0 aromatic carbocycles. The summed E-state index contributed by atoms with van der Waals surface area (Å²) in [6.45, 7) is 7.84. The summed E-state index contributed by atoms with van der Waals surface area (Å²) in [5.74, 6) is 0. The van der Waals surface area contributed by atoms with Gasteiger partial charge in [0.05, 0.1) is 0 Å². The molecule has 0 amide bonds. The zero-order chi connectivity index (χ0) is 10.2. The highest BCUT2D eigenvalue weighted by Crippen LogP contribution is 2.04. The van der Waals surface area contributed by atoms with E-state index in [-0.39, 0.29) is 0 Å². The van der Waals surface area contributed by atoms with Gasteiger partial charge in [0, 0.05) is 18.9 Å². The molecular formula is C12H20N2. The van der Waals surface area contributed by atoms with Crippen LogP contribution in [-0.2, 0) is 6.54 Å². The zero-order valence-corrected chi connectivity index (χ0v) is 9.24. The van der Waals surface area contributed by atoms with Crippen LogP contribution in [0.25, 0.3) is 0 Å². The van der Waals surface area contributed by atoms with E-state index in [9.17, 15) is 0 Å². The van der Waals surface area contributed by atoms with Gasteiger partial charge < -0.3 is 0 Å². The Balaban J connectivity index is 2.40. The smallest absolute Gasteiger partial charge is 0.0271 e. The van der Waals surface area contributed by atoms with Gasteiger partial charge in [0.25, 0.3) is 0 Å². The van der Waals surface area contributed by atoms with Gasteiger partial charge in [0.2, 0.25) is 0 Å². The Morgan fingerprint density at radius 2 is 1.93 bits per heavy atom. The quantitative estimate of drug-likeness (QED) is 0.689. The number of rotatable bonds is 6. The summed E-state index contributed by atoms with van der Waals surface area (Å²) < 4.78 is 0. The number of hydrogen-bond donors (Lipinski definition) is 0. The van der Waals surface area contributed by atoms with Crippen molar-refractivity contribution in [1.82, 2.24) is 9.88 Å². The van der Waals surface area contributed by atoms with Crippen LogP contribution >= 0.6 is 0 Å². The van der Waals surface area contributed by atoms with Gasteiger partial charge in [0.1, 0.15) is 0 Å². The predicted octanol–water partition coefficient (Wildman–Crippen LogP) is 2.70. The number of nitrogens with zero attached hydrogens (tertiary/aromatic N) is 2. The van der Waals surface area contributed by atoms with E-state index in [1.54, 1.807) is 0 Å². The molecule has 1 rings (SSSR count). The van der Waals surface area contributed by atoms with Gasteiger partial charge in [-0.3, -0.25) is 9.88 Å². The zero-order valence-electron chi connectivity index (χ0n) is 9.24. The maximum absolute atomic E-state index is 4.02. The molecule has 2 nitrogen and oxygen atoms in total. The average molecular weight is 192 g/mol. The summed E-state index contributed by atoms with van der Waals surface area (Å²) in [5, 5.41) is 0. The first kappa shape index (κ1) is 11.2. The first-order chi connectivity index (χ1) is 6.86. The van der Waals surface area contributed by atoms with Crippen LogP contribution in [0, 0.1) is 0 Å². The fourth-order valence-corrected chi connectivity index (χ4v) is 1.48. The molecule has 0 aliphatic rings. The lowest BCUT2D eigenvalue weighted by Crippen LogP contribution is -2.23. The fourth-order valence-electron chi connectivity index (χ4n) is 1.48. The summed E-state index contributed by atoms with van der Waals surface area (Å²) in [4.78, 5) is 6.49. The van der Waals surface area contributed by atoms with E-state index < -0.39 is 0 Å². The molecular weight excluding hydrogens is 172 g/mol. The summed E-state index contributed by atoms with van der Waals surface area (Å²) in [5.41, 5.74) is 1.36. The Labute approximate surface area is 87.0 Å². The van der Waals surface area contributed by atoms with Gasteiger partial charge in [-0.05, 0) is 37.2 Å². The monoisotopic (exact) mass is 192 g/mol. The van der Waals surface area contributed by atoms with Gasteiger partial charge in [0.15, 0.2) is 0 Å². The molecule has 0 aliphatic heterocycles. The van der Waals surface area contributed by atoms with Crippen molar-refractivity contribution in [2.75, 3.05) is 13.1 Å². The van der Waals surface area contributed by atoms with E-state index in [2.05, 4.69) is 35.9 Å². The van der Waals surface area contributed by atoms with Crippen LogP contribution < -0.4 is 0 Å². The minimum atomic E-state index is 1.05. The van der Waals surface area contributed by atoms with Crippen LogP contribution in [0.1, 0.15) is 32.3 Å². The van der Waals surface area contributed by atoms with Crippen LogP contribution in [-0.4, -0.2) is 23.0 Å². The van der Waals surface area contributed by atoms with Crippen molar-refractivity contribution in [3.63, 3.8) is 0 Å². The molecule has 0 spiro atoms. The van der Waals surface area contributed by atoms with Crippen molar-refractivity contribution < 1.29 is 0 Å². The second-order valence-corrected chi connectivity index (χ2v) is 3.58. The minimum absolute atomic E-state index is 1.05. The van der Waals surface area contributed by atoms with E-state index in [4.69, 9.17) is 0 Å². The molecule has 0 radical (unpaired) electrons. The van der Waals surface area contributed by atoms with Crippen molar-refractivity contribution in [2.45, 2.75) is 33.2 Å². The van der Waals surface area contributed by atoms with Crippen LogP contribution in [0.5, 0.6) is 0 Å². The largest absolute Gasteiger partial charge is 0.299 e. The first-order valence-corrected chi connectivity index (χ1v) is 5.48. The van der Waals surface area contributed by atoms with E-state index in [0.717, 1.165) is 13.1 Å². The molecule has 0 unspecified atom stereocenters. The van der Waals surface area contributed by atoms with Crippen molar-refractivity contribution in [3.05, 3.63) is 30.1 Å². The molecule has 1 aromatic heterocycles. The highest BCUT2D eigenvalue weighted by Gasteiger charge is 2.01. The molecule has 2 heteroatoms. The average Bonchev–Trinajstić information content (AvgIpc) is 2.25. The Hall–Kier alpha value is -0.890. The molecule has 0 saturated carbocycles. The van der Waals surface area contributed by atoms with Crippen LogP contribution in [0.3, 0.4) is 0 Å². The second kappa shape index (κ2) is 6.55. The Kier molecular flexibility index (Phi) is 5.23. The normalized spacial score (nSPS) is 10.8. The van der Waals surface area contributed by atoms with Crippen molar-refractivity contribution in [3.8, 4) is 0 Å². The summed E-state index contributed by atoms with van der Waals surface area (Å²) in [6.07, 6.45) is 6.29. The van der Waals surface area contributed by atoms with E-state index in [1.807, 2.05) is 12.4 Å². The number of aromatic nitrogens is 1. The highest BCUT2D eigenvalue weighted by atomic mass is 15.1. The first-order valence-electron chi connectivity index (χ1n) is 5.48. The highest BCUT2D eigenvalue weighted by molar-refractivity contribution is 5.09. The second-order valence-electron chi connectivity index (χ2n) is 3.58. The molecule has 0 aliphatic carbocycles. The van der Waals surface area contributed by atoms with E-state index in [1.165, 1.54) is 24.9 Å². The maximum atomic E-state index is 4.02. The topological polar surface area (TPSA) is 16.1 Å². The lowest BCUT2D eigenvalue weighted by molar-refractivity contribution is 0.275. The molecule has 0 N–H and O–H groups in total. The molecule has 1 aromatic rings. The Bertz CT molecular complexity index is 233. The Morgan fingerprint density at radius 1 is 1.21 bits per heavy atom. The maximum Gasteiger partial charge on any atom is 0.0271 e. The third kappa shape index (κ3) is 3.88. The number of unbranched alkanes of at least 4 members (excludes halogenated alkanes) is 1. The van der Waals surface area contributed by atoms with Crippen molar-refractivity contribution in [1.29, 1.82) is 0 Å². The predicted molar refractivity (Wildman–Crippen MR) is 60.1 cm³/mol. The van der Waals surface area contributed by atoms with Crippen molar-refractivity contribution >= 4 is 0 Å².